The number of hydrogen-bond acceptors (Lipinski definition) is 3. The number of carbonyl (C=O) groups is 1. The first-order valence-corrected chi connectivity index (χ1v) is 9.52. The summed E-state index contributed by atoms with van der Waals surface area (Å²) < 4.78 is 23.8. The van der Waals surface area contributed by atoms with Gasteiger partial charge in [0.05, 0.1) is 0 Å². The SMILES string of the molecule is C=C.CCOC(C)OCC.O=C(Cc1ccc(F)cc1)c1ccc(Br)cc1. The molecule has 2 aromatic rings. The molecule has 0 atom stereocenters. The quantitative estimate of drug-likeness (QED) is 0.292. The van der Waals surface area contributed by atoms with Crippen LogP contribution in [0.1, 0.15) is 36.7 Å². The summed E-state index contributed by atoms with van der Waals surface area (Å²) in [7, 11) is 0. The summed E-state index contributed by atoms with van der Waals surface area (Å²) >= 11 is 3.32. The maximum absolute atomic E-state index is 12.7. The summed E-state index contributed by atoms with van der Waals surface area (Å²) in [5, 5.41) is 0. The Kier molecular flexibility index (Phi) is 14.2. The Labute approximate surface area is 170 Å². The monoisotopic (exact) mass is 438 g/mol. The van der Waals surface area contributed by atoms with Gasteiger partial charge in [-0.15, -0.1) is 13.2 Å². The van der Waals surface area contributed by atoms with Gasteiger partial charge in [-0.25, -0.2) is 4.39 Å². The number of benzene rings is 2. The van der Waals surface area contributed by atoms with Crippen LogP contribution in [0.25, 0.3) is 0 Å². The number of hydrogen-bond donors (Lipinski definition) is 0. The molecule has 0 aromatic heterocycles. The standard InChI is InChI=1S/C14H10BrFO.C6H14O2.C2H4/c15-12-5-3-11(4-6-12)14(17)9-10-1-7-13(16)8-2-10;1-4-7-6(3)8-5-2;1-2/h1-8H,9H2;6H,4-5H2,1-3H3;1-2H2. The number of halogens is 2. The lowest BCUT2D eigenvalue weighted by Crippen LogP contribution is -2.11. The molecule has 0 saturated carbocycles. The molecule has 0 heterocycles. The number of ether oxygens (including phenoxy) is 2. The predicted octanol–water partition coefficient (Wildman–Crippen LogP) is 6.22. The highest BCUT2D eigenvalue weighted by atomic mass is 79.9. The van der Waals surface area contributed by atoms with E-state index < -0.39 is 0 Å². The van der Waals surface area contributed by atoms with E-state index in [9.17, 15) is 9.18 Å². The third-order valence-corrected chi connectivity index (χ3v) is 3.78. The van der Waals surface area contributed by atoms with Crippen LogP contribution in [-0.2, 0) is 15.9 Å². The van der Waals surface area contributed by atoms with Gasteiger partial charge in [-0.05, 0) is 50.6 Å². The third kappa shape index (κ3) is 11.5. The molecule has 2 rings (SSSR count). The van der Waals surface area contributed by atoms with Crippen molar-refractivity contribution in [1.29, 1.82) is 0 Å². The largest absolute Gasteiger partial charge is 0.353 e. The third-order valence-electron chi connectivity index (χ3n) is 3.25. The minimum atomic E-state index is -0.287. The van der Waals surface area contributed by atoms with E-state index in [0.29, 0.717) is 12.0 Å². The van der Waals surface area contributed by atoms with E-state index in [1.165, 1.54) is 12.1 Å². The smallest absolute Gasteiger partial charge is 0.167 e. The van der Waals surface area contributed by atoms with Gasteiger partial charge in [-0.2, -0.15) is 0 Å². The maximum atomic E-state index is 12.7. The zero-order chi connectivity index (χ0) is 20.7. The van der Waals surface area contributed by atoms with E-state index >= 15 is 0 Å². The Hall–Kier alpha value is -1.82. The van der Waals surface area contributed by atoms with Crippen molar-refractivity contribution in [2.75, 3.05) is 13.2 Å². The minimum Gasteiger partial charge on any atom is -0.353 e. The summed E-state index contributed by atoms with van der Waals surface area (Å²) in [6, 6.07) is 13.2. The van der Waals surface area contributed by atoms with Crippen LogP contribution in [0.4, 0.5) is 4.39 Å². The van der Waals surface area contributed by atoms with Gasteiger partial charge >= 0.3 is 0 Å². The fraction of sp³-hybridized carbons (Fsp3) is 0.318. The molecule has 0 amide bonds. The molecule has 2 aromatic carbocycles. The lowest BCUT2D eigenvalue weighted by molar-refractivity contribution is -0.123. The molecule has 0 spiro atoms. The van der Waals surface area contributed by atoms with Gasteiger partial charge in [0.25, 0.3) is 0 Å². The zero-order valence-corrected chi connectivity index (χ0v) is 17.8. The van der Waals surface area contributed by atoms with E-state index in [2.05, 4.69) is 29.1 Å². The van der Waals surface area contributed by atoms with Crippen LogP contribution in [0.3, 0.4) is 0 Å². The highest BCUT2D eigenvalue weighted by Gasteiger charge is 2.06. The molecule has 148 valence electrons. The number of Topliss-reactive ketones (excluding diaryl/α,β-unsaturated/α-hetero) is 1. The zero-order valence-electron chi connectivity index (χ0n) is 16.2. The van der Waals surface area contributed by atoms with Gasteiger partial charge in [0.15, 0.2) is 12.1 Å². The van der Waals surface area contributed by atoms with Crippen molar-refractivity contribution >= 4 is 21.7 Å². The second-order valence-corrected chi connectivity index (χ2v) is 6.13. The molecule has 0 saturated heterocycles. The lowest BCUT2D eigenvalue weighted by Gasteiger charge is -2.09. The normalized spacial score (nSPS) is 9.70. The molecular weight excluding hydrogens is 411 g/mol. The number of ketones is 1. The van der Waals surface area contributed by atoms with Crippen LogP contribution in [-0.4, -0.2) is 25.3 Å². The van der Waals surface area contributed by atoms with Gasteiger partial charge in [-0.3, -0.25) is 4.79 Å². The first kappa shape index (κ1) is 25.2. The highest BCUT2D eigenvalue weighted by molar-refractivity contribution is 9.10. The molecule has 3 nitrogen and oxygen atoms in total. The van der Waals surface area contributed by atoms with Crippen LogP contribution in [0.5, 0.6) is 0 Å². The first-order valence-electron chi connectivity index (χ1n) is 8.72. The average molecular weight is 439 g/mol. The van der Waals surface area contributed by atoms with Crippen LogP contribution >= 0.6 is 15.9 Å². The molecule has 0 bridgehead atoms. The van der Waals surface area contributed by atoms with Gasteiger partial charge in [0.2, 0.25) is 0 Å². The summed E-state index contributed by atoms with van der Waals surface area (Å²) in [4.78, 5) is 11.9. The molecule has 0 aliphatic heterocycles. The number of carbonyl (C=O) groups excluding carboxylic acids is 1. The fourth-order valence-electron chi connectivity index (χ4n) is 2.04. The number of rotatable bonds is 7. The molecule has 0 N–H and O–H groups in total. The van der Waals surface area contributed by atoms with Crippen molar-refractivity contribution in [3.8, 4) is 0 Å². The average Bonchev–Trinajstić information content (AvgIpc) is 2.67. The van der Waals surface area contributed by atoms with Crippen molar-refractivity contribution in [2.24, 2.45) is 0 Å². The molecule has 27 heavy (non-hydrogen) atoms. The summed E-state index contributed by atoms with van der Waals surface area (Å²) in [5.41, 5.74) is 1.48. The van der Waals surface area contributed by atoms with Crippen molar-refractivity contribution in [3.05, 3.63) is 83.1 Å². The summed E-state index contributed by atoms with van der Waals surface area (Å²) in [5.74, 6) is -0.256. The maximum Gasteiger partial charge on any atom is 0.167 e. The second kappa shape index (κ2) is 15.3. The van der Waals surface area contributed by atoms with Crippen molar-refractivity contribution in [3.63, 3.8) is 0 Å². The van der Waals surface area contributed by atoms with E-state index in [1.54, 1.807) is 24.3 Å². The van der Waals surface area contributed by atoms with E-state index in [-0.39, 0.29) is 17.9 Å². The van der Waals surface area contributed by atoms with Gasteiger partial charge < -0.3 is 9.47 Å². The highest BCUT2D eigenvalue weighted by Crippen LogP contribution is 2.13. The Balaban J connectivity index is 0.000000574. The molecule has 0 aliphatic rings. The van der Waals surface area contributed by atoms with Crippen LogP contribution in [0.2, 0.25) is 0 Å². The second-order valence-electron chi connectivity index (χ2n) is 5.21. The van der Waals surface area contributed by atoms with Gasteiger partial charge in [-0.1, -0.05) is 40.2 Å². The fourth-order valence-corrected chi connectivity index (χ4v) is 2.31. The van der Waals surface area contributed by atoms with Crippen molar-refractivity contribution in [2.45, 2.75) is 33.5 Å². The summed E-state index contributed by atoms with van der Waals surface area (Å²) in [6.45, 7) is 13.3. The molecule has 0 unspecified atom stereocenters. The Bertz CT molecular complexity index is 636. The Morgan fingerprint density at radius 2 is 1.48 bits per heavy atom. The lowest BCUT2D eigenvalue weighted by atomic mass is 10.0. The molecular formula is C22H28BrFO3. The Morgan fingerprint density at radius 3 is 1.93 bits per heavy atom. The molecule has 0 fully saturated rings. The van der Waals surface area contributed by atoms with Crippen molar-refractivity contribution < 1.29 is 18.7 Å². The van der Waals surface area contributed by atoms with Gasteiger partial charge in [0, 0.05) is 29.7 Å². The van der Waals surface area contributed by atoms with Gasteiger partial charge in [0.1, 0.15) is 5.82 Å². The summed E-state index contributed by atoms with van der Waals surface area (Å²) in [6.07, 6.45) is 0.257. The van der Waals surface area contributed by atoms with Crippen LogP contribution in [0, 0.1) is 5.82 Å². The van der Waals surface area contributed by atoms with Crippen LogP contribution < -0.4 is 0 Å². The minimum absolute atomic E-state index is 0.0316. The van der Waals surface area contributed by atoms with E-state index in [1.807, 2.05) is 32.9 Å². The van der Waals surface area contributed by atoms with E-state index in [0.717, 1.165) is 23.2 Å². The van der Waals surface area contributed by atoms with Crippen LogP contribution in [0.15, 0.2) is 66.2 Å². The Morgan fingerprint density at radius 1 is 1.00 bits per heavy atom. The van der Waals surface area contributed by atoms with Crippen molar-refractivity contribution in [1.82, 2.24) is 0 Å². The molecule has 0 aliphatic carbocycles. The topological polar surface area (TPSA) is 35.5 Å². The molecule has 0 radical (unpaired) electrons. The predicted molar refractivity (Wildman–Crippen MR) is 113 cm³/mol. The first-order chi connectivity index (χ1) is 13.0. The molecule has 5 heteroatoms. The van der Waals surface area contributed by atoms with E-state index in [4.69, 9.17) is 9.47 Å².